The van der Waals surface area contributed by atoms with Crippen molar-refractivity contribution in [3.05, 3.63) is 68.0 Å². The first-order valence-corrected chi connectivity index (χ1v) is 13.5. The van der Waals surface area contributed by atoms with Gasteiger partial charge in [0.2, 0.25) is 10.0 Å². The number of nitrogens with zero attached hydrogens (tertiary/aromatic N) is 3. The minimum Gasteiger partial charge on any atom is -0.495 e. The van der Waals surface area contributed by atoms with Gasteiger partial charge in [0.1, 0.15) is 10.6 Å². The zero-order valence-electron chi connectivity index (χ0n) is 16.8. The van der Waals surface area contributed by atoms with E-state index < -0.39 is 10.0 Å². The molecule has 3 aromatic rings. The van der Waals surface area contributed by atoms with Gasteiger partial charge in [0.15, 0.2) is 5.13 Å². The lowest BCUT2D eigenvalue weighted by molar-refractivity contribution is 0.374. The maximum atomic E-state index is 13.2. The number of piperazine rings is 1. The normalized spacial score (nSPS) is 15.3. The van der Waals surface area contributed by atoms with Crippen LogP contribution in [0.25, 0.3) is 0 Å². The summed E-state index contributed by atoms with van der Waals surface area (Å²) < 4.78 is 34.9. The highest BCUT2D eigenvalue weighted by molar-refractivity contribution is 9.10. The molecule has 0 unspecified atom stereocenters. The zero-order valence-corrected chi connectivity index (χ0v) is 21.6. The summed E-state index contributed by atoms with van der Waals surface area (Å²) in [4.78, 5) is 7.11. The fourth-order valence-corrected chi connectivity index (χ4v) is 6.93. The lowest BCUT2D eigenvalue weighted by Crippen LogP contribution is -2.48. The molecular weight excluding hydrogens is 566 g/mol. The van der Waals surface area contributed by atoms with E-state index in [1.165, 1.54) is 17.0 Å². The van der Waals surface area contributed by atoms with Gasteiger partial charge >= 0.3 is 0 Å². The molecule has 0 spiro atoms. The van der Waals surface area contributed by atoms with Gasteiger partial charge in [-0.3, -0.25) is 0 Å². The van der Waals surface area contributed by atoms with Gasteiger partial charge in [-0.15, -0.1) is 11.3 Å². The smallest absolute Gasteiger partial charge is 0.246 e. The van der Waals surface area contributed by atoms with Crippen LogP contribution in [0.2, 0.25) is 0 Å². The Kier molecular flexibility index (Phi) is 7.02. The molecule has 1 fully saturated rings. The molecule has 0 aliphatic carbocycles. The van der Waals surface area contributed by atoms with Crippen LogP contribution in [0.15, 0.2) is 61.7 Å². The molecule has 2 heterocycles. The molecule has 31 heavy (non-hydrogen) atoms. The molecular formula is C21H21Br2N3O3S2. The van der Waals surface area contributed by atoms with Gasteiger partial charge in [-0.1, -0.05) is 44.0 Å². The van der Waals surface area contributed by atoms with Gasteiger partial charge < -0.3 is 9.64 Å². The first-order chi connectivity index (χ1) is 14.9. The highest BCUT2D eigenvalue weighted by Crippen LogP contribution is 2.31. The second-order valence-electron chi connectivity index (χ2n) is 7.11. The van der Waals surface area contributed by atoms with E-state index in [0.717, 1.165) is 21.7 Å². The van der Waals surface area contributed by atoms with Crippen molar-refractivity contribution < 1.29 is 13.2 Å². The first kappa shape index (κ1) is 22.7. The summed E-state index contributed by atoms with van der Waals surface area (Å²) >= 11 is 8.46. The number of benzene rings is 2. The molecule has 0 amide bonds. The van der Waals surface area contributed by atoms with E-state index in [2.05, 4.69) is 54.3 Å². The van der Waals surface area contributed by atoms with Gasteiger partial charge in [0.25, 0.3) is 0 Å². The second-order valence-corrected chi connectivity index (χ2v) is 11.7. The Morgan fingerprint density at radius 1 is 1.06 bits per heavy atom. The van der Waals surface area contributed by atoms with Crippen LogP contribution in [0.3, 0.4) is 0 Å². The van der Waals surface area contributed by atoms with Crippen molar-refractivity contribution in [2.45, 2.75) is 11.3 Å². The Balaban J connectivity index is 1.43. The summed E-state index contributed by atoms with van der Waals surface area (Å²) in [5.74, 6) is 0.350. The minimum atomic E-state index is -3.64. The van der Waals surface area contributed by atoms with Gasteiger partial charge in [-0.25, -0.2) is 13.4 Å². The number of sulfonamides is 1. The molecule has 1 saturated heterocycles. The highest BCUT2D eigenvalue weighted by atomic mass is 79.9. The molecule has 164 valence electrons. The highest BCUT2D eigenvalue weighted by Gasteiger charge is 2.31. The predicted octanol–water partition coefficient (Wildman–Crippen LogP) is 4.78. The van der Waals surface area contributed by atoms with Crippen LogP contribution in [0, 0.1) is 0 Å². The molecule has 10 heteroatoms. The molecule has 2 aromatic carbocycles. The van der Waals surface area contributed by atoms with E-state index in [0.29, 0.717) is 36.4 Å². The van der Waals surface area contributed by atoms with E-state index in [4.69, 9.17) is 9.72 Å². The van der Waals surface area contributed by atoms with Crippen molar-refractivity contribution in [3.8, 4) is 5.75 Å². The van der Waals surface area contributed by atoms with Crippen LogP contribution in [0.5, 0.6) is 5.75 Å². The number of halogens is 2. The molecule has 0 atom stereocenters. The Bertz CT molecular complexity index is 1180. The van der Waals surface area contributed by atoms with E-state index >= 15 is 0 Å². The van der Waals surface area contributed by atoms with E-state index in [1.807, 2.05) is 12.1 Å². The lowest BCUT2D eigenvalue weighted by atomic mass is 10.1. The maximum Gasteiger partial charge on any atom is 0.246 e. The van der Waals surface area contributed by atoms with Gasteiger partial charge in [0.05, 0.1) is 12.8 Å². The molecule has 1 aliphatic rings. The monoisotopic (exact) mass is 585 g/mol. The molecule has 0 radical (unpaired) electrons. The summed E-state index contributed by atoms with van der Waals surface area (Å²) in [7, 11) is -2.16. The van der Waals surface area contributed by atoms with Crippen LogP contribution in [-0.4, -0.2) is 51.0 Å². The Morgan fingerprint density at radius 2 is 1.81 bits per heavy atom. The summed E-state index contributed by atoms with van der Waals surface area (Å²) in [5, 5.41) is 3.01. The average Bonchev–Trinajstić information content (AvgIpc) is 3.22. The number of thiazole rings is 1. The van der Waals surface area contributed by atoms with Crippen molar-refractivity contribution in [1.82, 2.24) is 9.29 Å². The second kappa shape index (κ2) is 9.58. The van der Waals surface area contributed by atoms with Gasteiger partial charge in [0, 0.05) is 46.9 Å². The van der Waals surface area contributed by atoms with Crippen LogP contribution in [0.1, 0.15) is 11.3 Å². The van der Waals surface area contributed by atoms with E-state index in [9.17, 15) is 8.42 Å². The Labute approximate surface area is 203 Å². The average molecular weight is 587 g/mol. The number of ether oxygens (including phenoxy) is 1. The zero-order chi connectivity index (χ0) is 22.0. The van der Waals surface area contributed by atoms with Crippen LogP contribution < -0.4 is 9.64 Å². The maximum absolute atomic E-state index is 13.2. The van der Waals surface area contributed by atoms with Crippen LogP contribution in [-0.2, 0) is 16.4 Å². The third kappa shape index (κ3) is 5.14. The molecule has 4 rings (SSSR count). The summed E-state index contributed by atoms with van der Waals surface area (Å²) in [5.41, 5.74) is 2.22. The van der Waals surface area contributed by atoms with Crippen molar-refractivity contribution in [2.24, 2.45) is 0 Å². The fourth-order valence-electron chi connectivity index (χ4n) is 3.49. The van der Waals surface area contributed by atoms with Gasteiger partial charge in [-0.05, 0) is 35.9 Å². The van der Waals surface area contributed by atoms with Crippen LogP contribution in [0.4, 0.5) is 5.13 Å². The third-order valence-corrected chi connectivity index (χ3v) is 8.92. The fraction of sp³-hybridized carbons (Fsp3) is 0.286. The summed E-state index contributed by atoms with van der Waals surface area (Å²) in [6.45, 7) is 2.00. The van der Waals surface area contributed by atoms with Crippen molar-refractivity contribution in [1.29, 1.82) is 0 Å². The number of methoxy groups -OCH3 is 1. The quantitative estimate of drug-likeness (QED) is 0.416. The van der Waals surface area contributed by atoms with Crippen molar-refractivity contribution >= 4 is 58.4 Å². The number of aromatic nitrogens is 1. The van der Waals surface area contributed by atoms with Crippen molar-refractivity contribution in [2.75, 3.05) is 38.2 Å². The number of hydrogen-bond donors (Lipinski definition) is 0. The number of anilines is 1. The van der Waals surface area contributed by atoms with E-state index in [1.54, 1.807) is 29.5 Å². The molecule has 1 aromatic heterocycles. The molecule has 6 nitrogen and oxygen atoms in total. The van der Waals surface area contributed by atoms with Crippen LogP contribution >= 0.6 is 43.2 Å². The third-order valence-electron chi connectivity index (χ3n) is 5.07. The Morgan fingerprint density at radius 3 is 2.52 bits per heavy atom. The number of rotatable bonds is 6. The number of hydrogen-bond acceptors (Lipinski definition) is 6. The standard InChI is InChI=1S/C21H21Br2N3O3S2/c1-29-19-6-5-17(23)13-20(19)31(27,28)26-9-7-25(8-10-26)21-24-18(14-30-21)12-15-3-2-4-16(22)11-15/h2-6,11,13-14H,7-10,12H2,1H3. The Hall–Kier alpha value is -1.46. The molecule has 0 saturated carbocycles. The summed E-state index contributed by atoms with van der Waals surface area (Å²) in [6, 6.07) is 13.2. The lowest BCUT2D eigenvalue weighted by Gasteiger charge is -2.34. The minimum absolute atomic E-state index is 0.184. The topological polar surface area (TPSA) is 62.7 Å². The van der Waals surface area contributed by atoms with Crippen molar-refractivity contribution in [3.63, 3.8) is 0 Å². The molecule has 0 N–H and O–H groups in total. The molecule has 1 aliphatic heterocycles. The predicted molar refractivity (Wildman–Crippen MR) is 131 cm³/mol. The first-order valence-electron chi connectivity index (χ1n) is 9.64. The summed E-state index contributed by atoms with van der Waals surface area (Å²) in [6.07, 6.45) is 0.771. The van der Waals surface area contributed by atoms with Gasteiger partial charge in [-0.2, -0.15) is 4.31 Å². The SMILES string of the molecule is COc1ccc(Br)cc1S(=O)(=O)N1CCN(c2nc(Cc3cccc(Br)c3)cs2)CC1. The van der Waals surface area contributed by atoms with E-state index in [-0.39, 0.29) is 4.90 Å². The largest absolute Gasteiger partial charge is 0.495 e. The molecule has 0 bridgehead atoms.